The smallest absolute Gasteiger partial charge is 0.274 e. The zero-order valence-electron chi connectivity index (χ0n) is 11.9. The summed E-state index contributed by atoms with van der Waals surface area (Å²) in [5.41, 5.74) is 0.421. The zero-order chi connectivity index (χ0) is 14.0. The molecule has 106 valence electrons. The predicted octanol–water partition coefficient (Wildman–Crippen LogP) is 1.07. The van der Waals surface area contributed by atoms with Gasteiger partial charge in [-0.05, 0) is 20.3 Å². The van der Waals surface area contributed by atoms with Crippen LogP contribution in [0.2, 0.25) is 0 Å². The first-order valence-corrected chi connectivity index (χ1v) is 6.54. The number of aromatic nitrogens is 2. The van der Waals surface area contributed by atoms with Crippen LogP contribution in [-0.2, 0) is 11.8 Å². The van der Waals surface area contributed by atoms with E-state index in [1.807, 2.05) is 13.8 Å². The summed E-state index contributed by atoms with van der Waals surface area (Å²) in [5, 5.41) is 4.17. The predicted molar refractivity (Wildman–Crippen MR) is 70.3 cm³/mol. The highest BCUT2D eigenvalue weighted by Crippen LogP contribution is 2.19. The lowest BCUT2D eigenvalue weighted by Gasteiger charge is -2.17. The SMILES string of the molecule is COc1cc(C(=O)N2CC[C@@H](OC(C)C)C2)nn1C. The first-order chi connectivity index (χ1) is 9.01. The summed E-state index contributed by atoms with van der Waals surface area (Å²) in [6, 6.07) is 1.67. The molecule has 1 saturated heterocycles. The van der Waals surface area contributed by atoms with Crippen molar-refractivity contribution in [1.82, 2.24) is 14.7 Å². The van der Waals surface area contributed by atoms with E-state index in [4.69, 9.17) is 9.47 Å². The Hall–Kier alpha value is -1.56. The average molecular weight is 267 g/mol. The summed E-state index contributed by atoms with van der Waals surface area (Å²) in [7, 11) is 3.32. The van der Waals surface area contributed by atoms with Crippen molar-refractivity contribution < 1.29 is 14.3 Å². The first-order valence-electron chi connectivity index (χ1n) is 6.54. The molecule has 0 saturated carbocycles. The fourth-order valence-corrected chi connectivity index (χ4v) is 2.32. The van der Waals surface area contributed by atoms with Crippen molar-refractivity contribution >= 4 is 5.91 Å². The molecule has 1 aliphatic rings. The van der Waals surface area contributed by atoms with E-state index in [1.165, 1.54) is 0 Å². The number of carbonyl (C=O) groups is 1. The second-order valence-corrected chi connectivity index (χ2v) is 5.04. The maximum Gasteiger partial charge on any atom is 0.274 e. The van der Waals surface area contributed by atoms with Crippen LogP contribution in [0.25, 0.3) is 0 Å². The summed E-state index contributed by atoms with van der Waals surface area (Å²) >= 11 is 0. The number of aryl methyl sites for hydroxylation is 1. The molecule has 19 heavy (non-hydrogen) atoms. The van der Waals surface area contributed by atoms with Gasteiger partial charge in [0.05, 0.1) is 19.3 Å². The second-order valence-electron chi connectivity index (χ2n) is 5.04. The maximum absolute atomic E-state index is 12.3. The van der Waals surface area contributed by atoms with E-state index in [0.717, 1.165) is 13.0 Å². The van der Waals surface area contributed by atoms with Gasteiger partial charge in [-0.3, -0.25) is 4.79 Å². The molecule has 2 heterocycles. The Labute approximate surface area is 113 Å². The number of amides is 1. The van der Waals surface area contributed by atoms with Crippen LogP contribution in [0.4, 0.5) is 0 Å². The number of likely N-dealkylation sites (tertiary alicyclic amines) is 1. The van der Waals surface area contributed by atoms with Gasteiger partial charge < -0.3 is 14.4 Å². The van der Waals surface area contributed by atoms with E-state index < -0.39 is 0 Å². The molecule has 1 aliphatic heterocycles. The third kappa shape index (κ3) is 3.07. The lowest BCUT2D eigenvalue weighted by atomic mass is 10.3. The molecular formula is C13H21N3O3. The van der Waals surface area contributed by atoms with Crippen LogP contribution in [0.5, 0.6) is 5.88 Å². The zero-order valence-corrected chi connectivity index (χ0v) is 11.9. The fraction of sp³-hybridized carbons (Fsp3) is 0.692. The minimum Gasteiger partial charge on any atom is -0.481 e. The van der Waals surface area contributed by atoms with Crippen LogP contribution in [0, 0.1) is 0 Å². The standard InChI is InChI=1S/C13H21N3O3/c1-9(2)19-10-5-6-16(8-10)13(17)11-7-12(18-4)15(3)14-11/h7,9-10H,5-6,8H2,1-4H3/t10-/m1/s1. The number of ether oxygens (including phenoxy) is 2. The van der Waals surface area contributed by atoms with Crippen molar-refractivity contribution in [2.75, 3.05) is 20.2 Å². The third-order valence-electron chi connectivity index (χ3n) is 3.16. The topological polar surface area (TPSA) is 56.6 Å². The molecule has 2 rings (SSSR count). The molecule has 0 aromatic carbocycles. The van der Waals surface area contributed by atoms with E-state index in [1.54, 1.807) is 29.8 Å². The molecule has 0 bridgehead atoms. The van der Waals surface area contributed by atoms with Crippen LogP contribution >= 0.6 is 0 Å². The second kappa shape index (κ2) is 5.61. The van der Waals surface area contributed by atoms with Crippen molar-refractivity contribution in [2.24, 2.45) is 7.05 Å². The Morgan fingerprint density at radius 3 is 2.84 bits per heavy atom. The molecule has 6 heteroatoms. The van der Waals surface area contributed by atoms with Crippen molar-refractivity contribution in [1.29, 1.82) is 0 Å². The number of rotatable bonds is 4. The molecule has 1 amide bonds. The Balaban J connectivity index is 2.00. The van der Waals surface area contributed by atoms with Gasteiger partial charge in [0.25, 0.3) is 5.91 Å². The van der Waals surface area contributed by atoms with Crippen LogP contribution < -0.4 is 4.74 Å². The lowest BCUT2D eigenvalue weighted by Crippen LogP contribution is -2.31. The number of hydrogen-bond donors (Lipinski definition) is 0. The van der Waals surface area contributed by atoms with E-state index in [2.05, 4.69) is 5.10 Å². The van der Waals surface area contributed by atoms with Crippen molar-refractivity contribution in [2.45, 2.75) is 32.5 Å². The summed E-state index contributed by atoms with van der Waals surface area (Å²) in [5.74, 6) is 0.520. The molecule has 6 nitrogen and oxygen atoms in total. The molecule has 0 unspecified atom stereocenters. The molecule has 0 radical (unpaired) electrons. The minimum atomic E-state index is -0.0613. The van der Waals surface area contributed by atoms with Gasteiger partial charge >= 0.3 is 0 Å². The van der Waals surface area contributed by atoms with Crippen LogP contribution in [0.3, 0.4) is 0 Å². The van der Waals surface area contributed by atoms with Gasteiger partial charge in [0.15, 0.2) is 5.69 Å². The van der Waals surface area contributed by atoms with Gasteiger partial charge in [0, 0.05) is 26.2 Å². The van der Waals surface area contributed by atoms with Crippen molar-refractivity contribution in [3.8, 4) is 5.88 Å². The van der Waals surface area contributed by atoms with E-state index in [9.17, 15) is 4.79 Å². The quantitative estimate of drug-likeness (QED) is 0.819. The summed E-state index contributed by atoms with van der Waals surface area (Å²) in [6.45, 7) is 5.37. The normalized spacial score (nSPS) is 19.2. The monoisotopic (exact) mass is 267 g/mol. The maximum atomic E-state index is 12.3. The third-order valence-corrected chi connectivity index (χ3v) is 3.16. The Bertz CT molecular complexity index is 456. The lowest BCUT2D eigenvalue weighted by molar-refractivity contribution is 0.0139. The van der Waals surface area contributed by atoms with Gasteiger partial charge in [0.1, 0.15) is 0 Å². The highest BCUT2D eigenvalue weighted by atomic mass is 16.5. The number of methoxy groups -OCH3 is 1. The van der Waals surface area contributed by atoms with Crippen LogP contribution in [0.15, 0.2) is 6.07 Å². The average Bonchev–Trinajstić information content (AvgIpc) is 2.94. The van der Waals surface area contributed by atoms with Crippen LogP contribution in [-0.4, -0.2) is 53.0 Å². The highest BCUT2D eigenvalue weighted by Gasteiger charge is 2.29. The molecule has 1 aromatic rings. The molecular weight excluding hydrogens is 246 g/mol. The Morgan fingerprint density at radius 1 is 1.53 bits per heavy atom. The van der Waals surface area contributed by atoms with Crippen LogP contribution in [0.1, 0.15) is 30.8 Å². The number of nitrogens with zero attached hydrogens (tertiary/aromatic N) is 3. The fourth-order valence-electron chi connectivity index (χ4n) is 2.32. The summed E-state index contributed by atoms with van der Waals surface area (Å²) < 4.78 is 12.4. The van der Waals surface area contributed by atoms with Crippen molar-refractivity contribution in [3.63, 3.8) is 0 Å². The Kier molecular flexibility index (Phi) is 4.09. The Morgan fingerprint density at radius 2 is 2.26 bits per heavy atom. The molecule has 0 spiro atoms. The van der Waals surface area contributed by atoms with E-state index >= 15 is 0 Å². The molecule has 0 aliphatic carbocycles. The van der Waals surface area contributed by atoms with E-state index in [-0.39, 0.29) is 18.1 Å². The number of hydrogen-bond acceptors (Lipinski definition) is 4. The molecule has 1 aromatic heterocycles. The minimum absolute atomic E-state index is 0.0613. The van der Waals surface area contributed by atoms with Gasteiger partial charge in [-0.15, -0.1) is 0 Å². The molecule has 1 atom stereocenters. The van der Waals surface area contributed by atoms with Gasteiger partial charge in [-0.1, -0.05) is 0 Å². The highest BCUT2D eigenvalue weighted by molar-refractivity contribution is 5.92. The van der Waals surface area contributed by atoms with Gasteiger partial charge in [0.2, 0.25) is 5.88 Å². The summed E-state index contributed by atoms with van der Waals surface area (Å²) in [6.07, 6.45) is 1.21. The van der Waals surface area contributed by atoms with Crippen molar-refractivity contribution in [3.05, 3.63) is 11.8 Å². The summed E-state index contributed by atoms with van der Waals surface area (Å²) in [4.78, 5) is 14.1. The molecule has 1 fully saturated rings. The first kappa shape index (κ1) is 13.9. The van der Waals surface area contributed by atoms with E-state index in [0.29, 0.717) is 18.1 Å². The number of carbonyl (C=O) groups excluding carboxylic acids is 1. The van der Waals surface area contributed by atoms with Gasteiger partial charge in [-0.25, -0.2) is 4.68 Å². The van der Waals surface area contributed by atoms with Gasteiger partial charge in [-0.2, -0.15) is 5.10 Å². The molecule has 0 N–H and O–H groups in total. The largest absolute Gasteiger partial charge is 0.481 e.